The van der Waals surface area contributed by atoms with Crippen LogP contribution in [0.1, 0.15) is 60.0 Å². The van der Waals surface area contributed by atoms with Gasteiger partial charge in [-0.15, -0.1) is 12.4 Å². The summed E-state index contributed by atoms with van der Waals surface area (Å²) in [7, 11) is 2.43. The van der Waals surface area contributed by atoms with Crippen LogP contribution in [-0.2, 0) is 36.9 Å². The van der Waals surface area contributed by atoms with Crippen LogP contribution < -0.4 is 42.3 Å². The van der Waals surface area contributed by atoms with Gasteiger partial charge < -0.3 is 55.3 Å². The van der Waals surface area contributed by atoms with Crippen LogP contribution in [0.3, 0.4) is 0 Å². The van der Waals surface area contributed by atoms with Crippen molar-refractivity contribution in [2.24, 2.45) is 5.73 Å². The van der Waals surface area contributed by atoms with Crippen molar-refractivity contribution in [1.29, 1.82) is 0 Å². The lowest BCUT2D eigenvalue weighted by atomic mass is 10.1. The lowest BCUT2D eigenvalue weighted by Gasteiger charge is -2.18. The van der Waals surface area contributed by atoms with E-state index in [4.69, 9.17) is 19.9 Å². The van der Waals surface area contributed by atoms with Crippen molar-refractivity contribution in [2.75, 3.05) is 44.7 Å². The van der Waals surface area contributed by atoms with Crippen molar-refractivity contribution in [3.63, 3.8) is 0 Å². The second-order valence-electron chi connectivity index (χ2n) is 13.2. The highest BCUT2D eigenvalue weighted by Crippen LogP contribution is 2.29. The zero-order valence-electron chi connectivity index (χ0n) is 34.2. The smallest absolute Gasteiger partial charge is 0.374 e. The van der Waals surface area contributed by atoms with Gasteiger partial charge in [0.25, 0.3) is 28.8 Å². The molecule has 3 amide bonds. The molecule has 2 aliphatic rings. The number of anilines is 2. The average molecular weight is 899 g/mol. The number of nitrogens with zero attached hydrogens (tertiary/aromatic N) is 2. The van der Waals surface area contributed by atoms with Gasteiger partial charge in [-0.3, -0.25) is 24.0 Å². The topological polar surface area (TPSA) is 302 Å². The maximum Gasteiger partial charge on any atom is 0.374 e. The number of ether oxygens (including phenoxy) is 5. The van der Waals surface area contributed by atoms with Crippen LogP contribution in [0.5, 0.6) is 11.5 Å². The lowest BCUT2D eigenvalue weighted by Crippen LogP contribution is -2.28. The molecular formula is C42H39ClN8O13. The number of nitrogens with two attached hydrogens (primary N) is 1. The summed E-state index contributed by atoms with van der Waals surface area (Å²) in [5.41, 5.74) is 7.73. The fraction of sp³-hybridized carbons (Fsp3) is 0.190. The molecule has 0 bridgehead atoms. The van der Waals surface area contributed by atoms with Gasteiger partial charge in [0.15, 0.2) is 19.0 Å². The number of H-pyrrole nitrogens is 2. The van der Waals surface area contributed by atoms with Crippen LogP contribution in [-0.4, -0.2) is 89.6 Å². The average Bonchev–Trinajstić information content (AvgIpc) is 3.29. The predicted molar refractivity (Wildman–Crippen MR) is 231 cm³/mol. The summed E-state index contributed by atoms with van der Waals surface area (Å²) in [6, 6.07) is 19.7. The van der Waals surface area contributed by atoms with Crippen LogP contribution in [0, 0.1) is 0 Å². The van der Waals surface area contributed by atoms with E-state index in [9.17, 15) is 38.4 Å². The van der Waals surface area contributed by atoms with Crippen LogP contribution >= 0.6 is 12.4 Å². The summed E-state index contributed by atoms with van der Waals surface area (Å²) >= 11 is 0. The molecule has 6 aromatic rings. The molecule has 0 fully saturated rings. The Morgan fingerprint density at radius 1 is 0.688 bits per heavy atom. The molecule has 64 heavy (non-hydrogen) atoms. The molecule has 8 rings (SSSR count). The molecule has 332 valence electrons. The van der Waals surface area contributed by atoms with Gasteiger partial charge in [-0.25, -0.2) is 24.4 Å². The van der Waals surface area contributed by atoms with E-state index in [1.807, 2.05) is 18.2 Å². The summed E-state index contributed by atoms with van der Waals surface area (Å²) in [4.78, 5) is 107. The van der Waals surface area contributed by atoms with E-state index in [2.05, 4.69) is 45.4 Å². The zero-order valence-corrected chi connectivity index (χ0v) is 35.0. The summed E-state index contributed by atoms with van der Waals surface area (Å²) in [5, 5.41) is 8.19. The number of benzene rings is 4. The predicted octanol–water partition coefficient (Wildman–Crippen LogP) is 2.76. The van der Waals surface area contributed by atoms with Crippen molar-refractivity contribution in [3.8, 4) is 11.5 Å². The number of hydrogen-bond donors (Lipinski definition) is 6. The van der Waals surface area contributed by atoms with Crippen molar-refractivity contribution in [3.05, 3.63) is 127 Å². The van der Waals surface area contributed by atoms with E-state index in [0.29, 0.717) is 35.0 Å². The molecule has 0 saturated heterocycles. The van der Waals surface area contributed by atoms with Gasteiger partial charge in [-0.2, -0.15) is 0 Å². The Morgan fingerprint density at radius 2 is 1.17 bits per heavy atom. The van der Waals surface area contributed by atoms with E-state index >= 15 is 0 Å². The number of carbonyl (C=O) groups excluding carboxylic acids is 6. The van der Waals surface area contributed by atoms with E-state index < -0.39 is 34.9 Å². The van der Waals surface area contributed by atoms with Crippen LogP contribution in [0.2, 0.25) is 0 Å². The highest BCUT2D eigenvalue weighted by molar-refractivity contribution is 6.05. The Bertz CT molecular complexity index is 2920. The van der Waals surface area contributed by atoms with Gasteiger partial charge in [0.2, 0.25) is 5.82 Å². The number of nitrogens with one attached hydrogen (secondary N) is 5. The third-order valence-electron chi connectivity index (χ3n) is 9.00. The minimum absolute atomic E-state index is 0. The second-order valence-corrected chi connectivity index (χ2v) is 13.2. The van der Waals surface area contributed by atoms with Crippen molar-refractivity contribution >= 4 is 81.2 Å². The first-order chi connectivity index (χ1) is 30.3. The third kappa shape index (κ3) is 10.8. The van der Waals surface area contributed by atoms with Gasteiger partial charge in [-0.05, 0) is 66.6 Å². The SMILES string of the molecule is CCOC(=O)c1nc2cccc(C(=O)OC)c2c(=O)[nH]1.COC(=O)c1cccc2nc(C(=O)NCc3ccc4c(c3)NC(=O)CO4)[nH]c(=O)c12.Cl.NCc1ccc2c(c1)NC(=O)CO2. The number of fused-ring (bicyclic) bond motifs is 4. The maximum absolute atomic E-state index is 12.5. The number of aromatic nitrogens is 4. The summed E-state index contributed by atoms with van der Waals surface area (Å²) in [5.74, 6) is -2.17. The monoisotopic (exact) mass is 898 g/mol. The van der Waals surface area contributed by atoms with E-state index in [1.165, 1.54) is 38.5 Å². The number of hydrogen-bond acceptors (Lipinski definition) is 16. The molecule has 0 aliphatic carbocycles. The maximum atomic E-state index is 12.5. The van der Waals surface area contributed by atoms with E-state index in [0.717, 1.165) is 5.56 Å². The normalized spacial score (nSPS) is 12.0. The standard InChI is InChI=1S/C20H16N4O6.C13H12N2O5.C9H10N2O2.ClH/c1-29-20(28)11-3-2-4-12-16(11)18(26)24-17(23-12)19(27)21-8-10-5-6-14-13(7-10)22-15(25)9-30-14;1-3-20-13(18)10-14-8-6-4-5-7(12(17)19-2)9(8)11(16)15-10;10-4-6-1-2-8-7(3-6)11-9(12)5-13-8;/h2-7H,8-9H2,1H3,(H,21,27)(H,22,25)(H,23,24,26);4-6H,3H2,1-2H3,(H,14,15,16);1-3H,4-5,10H2,(H,11,12);1H. The van der Waals surface area contributed by atoms with Gasteiger partial charge in [0.1, 0.15) is 11.5 Å². The van der Waals surface area contributed by atoms with Crippen LogP contribution in [0.25, 0.3) is 21.8 Å². The fourth-order valence-corrected chi connectivity index (χ4v) is 6.11. The van der Waals surface area contributed by atoms with Crippen LogP contribution in [0.15, 0.2) is 82.4 Å². The lowest BCUT2D eigenvalue weighted by molar-refractivity contribution is -0.119. The molecule has 2 aliphatic heterocycles. The third-order valence-corrected chi connectivity index (χ3v) is 9.00. The molecule has 4 heterocycles. The second kappa shape index (κ2) is 21.1. The Labute approximate surface area is 367 Å². The molecule has 0 saturated carbocycles. The number of halogens is 1. The molecular weight excluding hydrogens is 860 g/mol. The number of esters is 3. The first kappa shape index (κ1) is 46.9. The first-order valence-electron chi connectivity index (χ1n) is 18.8. The van der Waals surface area contributed by atoms with E-state index in [-0.39, 0.29) is 95.2 Å². The molecule has 0 atom stereocenters. The quantitative estimate of drug-likeness (QED) is 0.0945. The minimum Gasteiger partial charge on any atom is -0.482 e. The Kier molecular flexibility index (Phi) is 15.4. The van der Waals surface area contributed by atoms with Crippen molar-refractivity contribution < 1.29 is 52.5 Å². The molecule has 21 nitrogen and oxygen atoms in total. The molecule has 0 unspecified atom stereocenters. The molecule has 4 aromatic carbocycles. The van der Waals surface area contributed by atoms with Crippen molar-refractivity contribution in [2.45, 2.75) is 20.0 Å². The number of rotatable bonds is 8. The summed E-state index contributed by atoms with van der Waals surface area (Å²) in [6.45, 7) is 2.46. The largest absolute Gasteiger partial charge is 0.482 e. The molecule has 2 aromatic heterocycles. The van der Waals surface area contributed by atoms with Crippen LogP contribution in [0.4, 0.5) is 11.4 Å². The van der Waals surface area contributed by atoms with E-state index in [1.54, 1.807) is 37.3 Å². The molecule has 0 spiro atoms. The van der Waals surface area contributed by atoms with Gasteiger partial charge in [0, 0.05) is 13.1 Å². The van der Waals surface area contributed by atoms with Gasteiger partial charge >= 0.3 is 17.9 Å². The van der Waals surface area contributed by atoms with Gasteiger partial charge in [0.05, 0.1) is 65.1 Å². The highest BCUT2D eigenvalue weighted by Gasteiger charge is 2.21. The fourth-order valence-electron chi connectivity index (χ4n) is 6.11. The summed E-state index contributed by atoms with van der Waals surface area (Å²) in [6.07, 6.45) is 0. The summed E-state index contributed by atoms with van der Waals surface area (Å²) < 4.78 is 24.5. The Morgan fingerprint density at radius 3 is 1.67 bits per heavy atom. The Balaban J connectivity index is 0.000000195. The molecule has 22 heteroatoms. The highest BCUT2D eigenvalue weighted by atomic mass is 35.5. The van der Waals surface area contributed by atoms with Crippen molar-refractivity contribution in [1.82, 2.24) is 25.3 Å². The minimum atomic E-state index is -0.727. The number of amides is 3. The van der Waals surface area contributed by atoms with Gasteiger partial charge in [-0.1, -0.05) is 24.3 Å². The Hall–Kier alpha value is -8.17. The number of carbonyl (C=O) groups is 6. The number of aromatic amines is 2. The number of methoxy groups -OCH3 is 2. The molecule has 0 radical (unpaired) electrons. The molecule has 7 N–H and O–H groups in total. The first-order valence-corrected chi connectivity index (χ1v) is 18.8. The zero-order chi connectivity index (χ0) is 45.2.